The fourth-order valence-electron chi connectivity index (χ4n) is 0.898. The van der Waals surface area contributed by atoms with E-state index < -0.39 is 6.03 Å². The van der Waals surface area contributed by atoms with E-state index in [4.69, 9.17) is 0 Å². The lowest BCUT2D eigenvalue weighted by molar-refractivity contribution is -0.121. The molecular weight excluding hydrogens is 148 g/mol. The highest BCUT2D eigenvalue weighted by atomic mass is 16.2. The van der Waals surface area contributed by atoms with Crippen molar-refractivity contribution in [1.29, 1.82) is 0 Å². The van der Waals surface area contributed by atoms with Gasteiger partial charge in [-0.1, -0.05) is 0 Å². The second kappa shape index (κ2) is 3.14. The normalized spacial score (nSPS) is 23.8. The Morgan fingerprint density at radius 2 is 2.27 bits per heavy atom. The van der Waals surface area contributed by atoms with Gasteiger partial charge in [0.15, 0.2) is 0 Å². The maximum Gasteiger partial charge on any atom is 0.321 e. The van der Waals surface area contributed by atoms with E-state index in [-0.39, 0.29) is 24.8 Å². The van der Waals surface area contributed by atoms with Gasteiger partial charge in [-0.15, -0.1) is 0 Å². The summed E-state index contributed by atoms with van der Waals surface area (Å²) in [4.78, 5) is 31.1. The molecule has 1 fully saturated rings. The molecule has 0 saturated carbocycles. The molecule has 0 aromatic carbocycles. The number of carbonyl (C=O) groups excluding carboxylic acids is 3. The van der Waals surface area contributed by atoms with Gasteiger partial charge in [0, 0.05) is 18.9 Å². The van der Waals surface area contributed by atoms with Crippen LogP contribution in [0.3, 0.4) is 0 Å². The summed E-state index contributed by atoms with van der Waals surface area (Å²) < 4.78 is 0. The van der Waals surface area contributed by atoms with Crippen molar-refractivity contribution in [3.05, 3.63) is 0 Å². The number of rotatable bonds is 2. The molecule has 11 heavy (non-hydrogen) atoms. The fourth-order valence-corrected chi connectivity index (χ4v) is 0.898. The standard InChI is InChI=1S/C6H7N2O3/c9-2-1-4-3-5(10)8-6(11)7-4/h4H,1,3H2,(H2,7,8,10,11). The topological polar surface area (TPSA) is 75.3 Å². The van der Waals surface area contributed by atoms with Crippen molar-refractivity contribution < 1.29 is 14.4 Å². The molecule has 1 unspecified atom stereocenters. The maximum absolute atomic E-state index is 10.7. The first kappa shape index (κ1) is 7.71. The van der Waals surface area contributed by atoms with Gasteiger partial charge in [-0.05, 0) is 0 Å². The molecule has 0 aliphatic carbocycles. The molecule has 0 spiro atoms. The summed E-state index contributed by atoms with van der Waals surface area (Å²) in [5.41, 5.74) is 0. The number of hydrogen-bond acceptors (Lipinski definition) is 3. The quantitative estimate of drug-likeness (QED) is 0.541. The first-order valence-corrected chi connectivity index (χ1v) is 3.17. The van der Waals surface area contributed by atoms with Crippen LogP contribution in [0, 0.1) is 0 Å². The van der Waals surface area contributed by atoms with E-state index in [1.54, 1.807) is 6.29 Å². The third-order valence-corrected chi connectivity index (χ3v) is 1.35. The van der Waals surface area contributed by atoms with Crippen LogP contribution in [0.1, 0.15) is 12.8 Å². The van der Waals surface area contributed by atoms with Gasteiger partial charge in [0.05, 0.1) is 0 Å². The van der Waals surface area contributed by atoms with E-state index >= 15 is 0 Å². The SMILES string of the molecule is O=[C]CC1CC(=O)NC(=O)N1. The Bertz CT molecular complexity index is 186. The van der Waals surface area contributed by atoms with Gasteiger partial charge in [0.25, 0.3) is 0 Å². The molecule has 1 aliphatic rings. The molecule has 1 rings (SSSR count). The minimum Gasteiger partial charge on any atom is -0.334 e. The van der Waals surface area contributed by atoms with Crippen LogP contribution < -0.4 is 10.6 Å². The lowest BCUT2D eigenvalue weighted by atomic mass is 10.1. The summed E-state index contributed by atoms with van der Waals surface area (Å²) in [7, 11) is 0. The number of amides is 3. The predicted octanol–water partition coefficient (Wildman–Crippen LogP) is -0.916. The molecule has 1 aliphatic heterocycles. The van der Waals surface area contributed by atoms with Gasteiger partial charge in [0.1, 0.15) is 0 Å². The Kier molecular flexibility index (Phi) is 2.20. The second-order valence-corrected chi connectivity index (χ2v) is 2.27. The van der Waals surface area contributed by atoms with Gasteiger partial charge in [0.2, 0.25) is 12.2 Å². The molecule has 1 radical (unpaired) electrons. The maximum atomic E-state index is 10.7. The van der Waals surface area contributed by atoms with Crippen molar-refractivity contribution in [3.63, 3.8) is 0 Å². The van der Waals surface area contributed by atoms with Crippen molar-refractivity contribution in [1.82, 2.24) is 10.6 Å². The lowest BCUT2D eigenvalue weighted by Crippen LogP contribution is -2.52. The molecule has 0 aromatic heterocycles. The number of carbonyl (C=O) groups is 2. The zero-order valence-corrected chi connectivity index (χ0v) is 5.72. The van der Waals surface area contributed by atoms with E-state index in [9.17, 15) is 14.4 Å². The van der Waals surface area contributed by atoms with Gasteiger partial charge >= 0.3 is 6.03 Å². The Morgan fingerprint density at radius 1 is 1.55 bits per heavy atom. The molecule has 5 nitrogen and oxygen atoms in total. The average Bonchev–Trinajstić information content (AvgIpc) is 1.85. The van der Waals surface area contributed by atoms with Crippen LogP contribution in [0.2, 0.25) is 0 Å². The molecule has 3 amide bonds. The van der Waals surface area contributed by atoms with Crippen LogP contribution in [0.25, 0.3) is 0 Å². The fraction of sp³-hybridized carbons (Fsp3) is 0.500. The average molecular weight is 155 g/mol. The summed E-state index contributed by atoms with van der Waals surface area (Å²) >= 11 is 0. The summed E-state index contributed by atoms with van der Waals surface area (Å²) in [6, 6.07) is -0.921. The zero-order chi connectivity index (χ0) is 8.27. The molecule has 0 aromatic rings. The van der Waals surface area contributed by atoms with Crippen molar-refractivity contribution in [2.24, 2.45) is 0 Å². The monoisotopic (exact) mass is 155 g/mol. The largest absolute Gasteiger partial charge is 0.334 e. The second-order valence-electron chi connectivity index (χ2n) is 2.27. The molecule has 1 saturated heterocycles. The number of imide groups is 1. The molecular formula is C6H7N2O3. The molecule has 1 heterocycles. The van der Waals surface area contributed by atoms with Crippen molar-refractivity contribution in [2.45, 2.75) is 18.9 Å². The van der Waals surface area contributed by atoms with Crippen molar-refractivity contribution in [3.8, 4) is 0 Å². The van der Waals surface area contributed by atoms with E-state index in [0.717, 1.165) is 0 Å². The highest BCUT2D eigenvalue weighted by molar-refractivity contribution is 5.97. The van der Waals surface area contributed by atoms with Crippen LogP contribution >= 0.6 is 0 Å². The van der Waals surface area contributed by atoms with Crippen molar-refractivity contribution >= 4 is 18.2 Å². The van der Waals surface area contributed by atoms with E-state index in [1.165, 1.54) is 0 Å². The zero-order valence-electron chi connectivity index (χ0n) is 5.72. The first-order valence-electron chi connectivity index (χ1n) is 3.17. The van der Waals surface area contributed by atoms with Gasteiger partial charge in [-0.3, -0.25) is 14.9 Å². The van der Waals surface area contributed by atoms with E-state index in [1.807, 2.05) is 5.32 Å². The summed E-state index contributed by atoms with van der Waals surface area (Å²) in [6.45, 7) is 0. The van der Waals surface area contributed by atoms with Gasteiger partial charge in [-0.2, -0.15) is 0 Å². The van der Waals surface area contributed by atoms with Crippen LogP contribution in [-0.2, 0) is 9.59 Å². The Labute approximate surface area is 63.1 Å². The van der Waals surface area contributed by atoms with Crippen LogP contribution in [0.15, 0.2) is 0 Å². The van der Waals surface area contributed by atoms with E-state index in [0.29, 0.717) is 0 Å². The summed E-state index contributed by atoms with van der Waals surface area (Å²) in [5, 5.41) is 4.46. The van der Waals surface area contributed by atoms with Crippen LogP contribution in [0.4, 0.5) is 4.79 Å². The number of urea groups is 1. The number of nitrogens with one attached hydrogen (secondary N) is 2. The minimum absolute atomic E-state index is 0.0686. The Hall–Kier alpha value is -1.39. The van der Waals surface area contributed by atoms with E-state index in [2.05, 4.69) is 5.32 Å². The minimum atomic E-state index is -0.540. The van der Waals surface area contributed by atoms with Crippen LogP contribution in [0.5, 0.6) is 0 Å². The molecule has 2 N–H and O–H groups in total. The third kappa shape index (κ3) is 2.03. The molecule has 5 heteroatoms. The molecule has 0 bridgehead atoms. The Balaban J connectivity index is 2.49. The highest BCUT2D eigenvalue weighted by Gasteiger charge is 2.22. The third-order valence-electron chi connectivity index (χ3n) is 1.35. The van der Waals surface area contributed by atoms with Crippen LogP contribution in [-0.4, -0.2) is 24.3 Å². The predicted molar refractivity (Wildman–Crippen MR) is 35.4 cm³/mol. The Morgan fingerprint density at radius 3 is 2.82 bits per heavy atom. The first-order chi connectivity index (χ1) is 5.22. The molecule has 59 valence electrons. The highest BCUT2D eigenvalue weighted by Crippen LogP contribution is 2.00. The van der Waals surface area contributed by atoms with Gasteiger partial charge in [-0.25, -0.2) is 4.79 Å². The molecule has 1 atom stereocenters. The lowest BCUT2D eigenvalue weighted by Gasteiger charge is -2.20. The number of hydrogen-bond donors (Lipinski definition) is 2. The summed E-state index contributed by atoms with van der Waals surface area (Å²) in [6.07, 6.45) is 1.86. The van der Waals surface area contributed by atoms with Gasteiger partial charge < -0.3 is 5.32 Å². The smallest absolute Gasteiger partial charge is 0.321 e. The summed E-state index contributed by atoms with van der Waals surface area (Å²) in [5.74, 6) is -0.353. The van der Waals surface area contributed by atoms with Crippen molar-refractivity contribution in [2.75, 3.05) is 0 Å².